The summed E-state index contributed by atoms with van der Waals surface area (Å²) in [5.74, 6) is 0. The molecule has 0 atom stereocenters. The van der Waals surface area contributed by atoms with Crippen LogP contribution in [0.3, 0.4) is 0 Å². The van der Waals surface area contributed by atoms with E-state index in [0.29, 0.717) is 0 Å². The number of rotatable bonds is 9. The lowest BCUT2D eigenvalue weighted by Crippen LogP contribution is -1.97. The van der Waals surface area contributed by atoms with Crippen molar-refractivity contribution in [3.8, 4) is 51.2 Å². The molecular formula is C138H87N9. The van der Waals surface area contributed by atoms with Crippen LogP contribution in [0.15, 0.2) is 528 Å². The van der Waals surface area contributed by atoms with Gasteiger partial charge in [-0.25, -0.2) is 0 Å². The summed E-state index contributed by atoms with van der Waals surface area (Å²) in [6.45, 7) is 0. The minimum absolute atomic E-state index is 1.14. The van der Waals surface area contributed by atoms with Crippen LogP contribution < -0.4 is 0 Å². The lowest BCUT2D eigenvalue weighted by atomic mass is 10.1. The molecule has 0 aliphatic carbocycles. The molecule has 33 rings (SSSR count). The van der Waals surface area contributed by atoms with E-state index >= 15 is 0 Å². The fourth-order valence-corrected chi connectivity index (χ4v) is 25.0. The molecule has 9 heterocycles. The van der Waals surface area contributed by atoms with E-state index in [0.717, 1.165) is 22.7 Å². The highest BCUT2D eigenvalue weighted by Gasteiger charge is 2.29. The Morgan fingerprint density at radius 1 is 0.0952 bits per heavy atom. The first-order valence-corrected chi connectivity index (χ1v) is 50.6. The zero-order chi connectivity index (χ0) is 96.2. The minimum Gasteiger partial charge on any atom is -0.309 e. The van der Waals surface area contributed by atoms with Gasteiger partial charge in [0.15, 0.2) is 0 Å². The number of hydrogen-bond donors (Lipinski definition) is 0. The van der Waals surface area contributed by atoms with Gasteiger partial charge in [-0.3, -0.25) is 0 Å². The van der Waals surface area contributed by atoms with E-state index in [4.69, 9.17) is 0 Å². The van der Waals surface area contributed by atoms with Crippen LogP contribution in [0.25, 0.3) is 280 Å². The van der Waals surface area contributed by atoms with Gasteiger partial charge in [0.25, 0.3) is 0 Å². The third-order valence-electron chi connectivity index (χ3n) is 31.2. The molecule has 9 heteroatoms. The van der Waals surface area contributed by atoms with E-state index < -0.39 is 0 Å². The van der Waals surface area contributed by atoms with Crippen molar-refractivity contribution in [2.45, 2.75) is 0 Å². The highest BCUT2D eigenvalue weighted by Crippen LogP contribution is 2.50. The Bertz CT molecular complexity index is 11200. The van der Waals surface area contributed by atoms with E-state index in [9.17, 15) is 0 Å². The summed E-state index contributed by atoms with van der Waals surface area (Å²) in [6, 6.07) is 193. The number of para-hydroxylation sites is 12. The van der Waals surface area contributed by atoms with Crippen LogP contribution in [-0.2, 0) is 0 Å². The second-order valence-electron chi connectivity index (χ2n) is 38.9. The summed E-state index contributed by atoms with van der Waals surface area (Å²) < 4.78 is 22.1. The molecule has 0 spiro atoms. The molecule has 0 saturated carbocycles. The number of hydrogen-bond acceptors (Lipinski definition) is 0. The molecule has 24 aromatic carbocycles. The van der Waals surface area contributed by atoms with E-state index in [1.807, 2.05) is 0 Å². The van der Waals surface area contributed by atoms with Crippen molar-refractivity contribution in [1.29, 1.82) is 0 Å². The van der Waals surface area contributed by atoms with Gasteiger partial charge in [0.1, 0.15) is 0 Å². The van der Waals surface area contributed by atoms with Crippen molar-refractivity contribution in [2.75, 3.05) is 0 Å². The van der Waals surface area contributed by atoms with Gasteiger partial charge in [0.2, 0.25) is 0 Å². The Balaban J connectivity index is 0.0000000999. The van der Waals surface area contributed by atoms with E-state index in [2.05, 4.69) is 569 Å². The van der Waals surface area contributed by atoms with Crippen molar-refractivity contribution in [1.82, 2.24) is 41.1 Å². The van der Waals surface area contributed by atoms with Crippen LogP contribution in [0.2, 0.25) is 0 Å². The molecule has 147 heavy (non-hydrogen) atoms. The van der Waals surface area contributed by atoms with Gasteiger partial charge >= 0.3 is 0 Å². The first kappa shape index (κ1) is 82.0. The normalized spacial score (nSPS) is 12.1. The Labute approximate surface area is 842 Å². The number of fused-ring (bicyclic) bond motifs is 33. The van der Waals surface area contributed by atoms with Crippen LogP contribution >= 0.6 is 0 Å². The molecule has 0 N–H and O–H groups in total. The highest BCUT2D eigenvalue weighted by atomic mass is 15.1. The third-order valence-corrected chi connectivity index (χ3v) is 31.2. The third kappa shape index (κ3) is 12.3. The summed E-state index contributed by atoms with van der Waals surface area (Å²) in [5.41, 5.74) is 32.2. The molecule has 0 amide bonds. The maximum absolute atomic E-state index is 2.50. The highest BCUT2D eigenvalue weighted by molar-refractivity contribution is 6.31. The lowest BCUT2D eigenvalue weighted by molar-refractivity contribution is 1.16. The van der Waals surface area contributed by atoms with Crippen molar-refractivity contribution < 1.29 is 0 Å². The average molecular weight is 1870 g/mol. The number of aromatic nitrogens is 9. The zero-order valence-corrected chi connectivity index (χ0v) is 79.8. The van der Waals surface area contributed by atoms with Crippen molar-refractivity contribution in [3.63, 3.8) is 0 Å². The number of nitrogens with zero attached hydrogens (tertiary/aromatic N) is 9. The van der Waals surface area contributed by atoms with Gasteiger partial charge in [-0.05, 0) is 214 Å². The molecule has 9 nitrogen and oxygen atoms in total. The Kier molecular flexibility index (Phi) is 18.1. The van der Waals surface area contributed by atoms with Crippen LogP contribution in [0.4, 0.5) is 0 Å². The largest absolute Gasteiger partial charge is 0.309 e. The van der Waals surface area contributed by atoms with E-state index in [-0.39, 0.29) is 0 Å². The first-order valence-electron chi connectivity index (χ1n) is 50.6. The van der Waals surface area contributed by atoms with Gasteiger partial charge < -0.3 is 41.1 Å². The molecule has 33 aromatic rings. The first-order chi connectivity index (χ1) is 73.0. The van der Waals surface area contributed by atoms with Crippen LogP contribution in [0, 0.1) is 0 Å². The molecule has 0 unspecified atom stereocenters. The fraction of sp³-hybridized carbons (Fsp3) is 0. The molecular weight excluding hydrogens is 1780 g/mol. The molecule has 0 bridgehead atoms. The predicted octanol–water partition coefficient (Wildman–Crippen LogP) is 36.4. The van der Waals surface area contributed by atoms with Crippen LogP contribution in [0.1, 0.15) is 0 Å². The van der Waals surface area contributed by atoms with Gasteiger partial charge in [0, 0.05) is 142 Å². The minimum atomic E-state index is 1.14. The van der Waals surface area contributed by atoms with E-state index in [1.165, 1.54) is 257 Å². The van der Waals surface area contributed by atoms with E-state index in [1.54, 1.807) is 0 Å². The Hall–Kier alpha value is -19.7. The molecule has 684 valence electrons. The van der Waals surface area contributed by atoms with Crippen molar-refractivity contribution in [3.05, 3.63) is 528 Å². The van der Waals surface area contributed by atoms with Gasteiger partial charge in [0.05, 0.1) is 105 Å². The Morgan fingerprint density at radius 2 is 0.306 bits per heavy atom. The standard InChI is InChI=1S/3C46H29N3/c1-2-15-32(16-3-1)48-38-20-9-6-17-34(38)35-27-28-43-45(46(35)48)37-19-8-11-22-40(37)49(43)42-24-12-23-41-44(42)36-18-7-10-21-39(36)47(41)33-26-25-30-13-4-5-14-31(30)29-33;1-2-14-32(15-3-1)49-41-20-10-7-17-36(41)38-26-27-43-45(46(38)49)39-18-8-11-21-42(39)47(43)34-24-25-37-35-16-6-9-19-40(35)48(44(37)29-34)33-23-22-30-12-4-5-13-31(30)28-33;1-2-14-32(15-3-1)47-42-21-11-8-18-39(42)45-43(47)27-26-38-36-17-7-10-20-41(36)49(46(38)45)34-24-25-37-35-16-6-9-19-40(35)48(44(37)29-34)33-23-22-30-12-4-5-13-31(30)28-33/h3*1-29H. The average Bonchev–Trinajstić information content (AvgIpc) is 1.52. The molecule has 0 radical (unpaired) electrons. The summed E-state index contributed by atoms with van der Waals surface area (Å²) in [7, 11) is 0. The maximum Gasteiger partial charge on any atom is 0.0641 e. The number of benzene rings is 24. The summed E-state index contributed by atoms with van der Waals surface area (Å²) in [6.07, 6.45) is 0. The Morgan fingerprint density at radius 3 is 0.667 bits per heavy atom. The molecule has 0 aliphatic heterocycles. The second kappa shape index (κ2) is 32.4. The smallest absolute Gasteiger partial charge is 0.0641 e. The van der Waals surface area contributed by atoms with Crippen LogP contribution in [0.5, 0.6) is 0 Å². The molecule has 9 aromatic heterocycles. The summed E-state index contributed by atoms with van der Waals surface area (Å²) in [5, 5.41) is 30.1. The van der Waals surface area contributed by atoms with Gasteiger partial charge in [-0.15, -0.1) is 0 Å². The molecule has 0 fully saturated rings. The molecule has 0 saturated heterocycles. The lowest BCUT2D eigenvalue weighted by Gasteiger charge is -2.13. The zero-order valence-electron chi connectivity index (χ0n) is 79.8. The summed E-state index contributed by atoms with van der Waals surface area (Å²) >= 11 is 0. The van der Waals surface area contributed by atoms with Gasteiger partial charge in [-0.1, -0.05) is 346 Å². The quantitative estimate of drug-likeness (QED) is 0.138. The second-order valence-corrected chi connectivity index (χ2v) is 38.9. The summed E-state index contributed by atoms with van der Waals surface area (Å²) in [4.78, 5) is 0. The van der Waals surface area contributed by atoms with Crippen molar-refractivity contribution in [2.24, 2.45) is 0 Å². The topological polar surface area (TPSA) is 44.4 Å². The van der Waals surface area contributed by atoms with Crippen molar-refractivity contribution >= 4 is 229 Å². The monoisotopic (exact) mass is 1870 g/mol. The van der Waals surface area contributed by atoms with Gasteiger partial charge in [-0.2, -0.15) is 0 Å². The molecule has 0 aliphatic rings. The fourth-order valence-electron chi connectivity index (χ4n) is 25.0. The SMILES string of the molecule is c1ccc(-n2c3ccccc3c3c2ccc2c4ccccc4n(-c4ccc5c6ccccc6n(-c6ccc7ccccc7c6)c5c4)c23)cc1.c1ccc(-n2c3ccccc3c3ccc4c(c5ccccc5n4-c4ccc5c6ccccc6n(-c6ccc7ccccc7c6)c5c4)c32)cc1.c1ccc(-n2c3ccccc3c3ccc4c(c5ccccc5n4-c4cccc5c4c4ccccc4n5-c4ccc5ccccc5c4)c32)cc1. The predicted molar refractivity (Wildman–Crippen MR) is 621 cm³/mol. The maximum atomic E-state index is 2.50. The van der Waals surface area contributed by atoms with Crippen LogP contribution in [-0.4, -0.2) is 41.1 Å².